The molecule has 1 aromatic rings. The third-order valence-electron chi connectivity index (χ3n) is 2.91. The van der Waals surface area contributed by atoms with Gasteiger partial charge in [0.05, 0.1) is 5.66 Å². The number of unbranched alkanes of at least 4 members (excludes halogenated alkanes) is 1. The van der Waals surface area contributed by atoms with Gasteiger partial charge in [-0.1, -0.05) is 50.1 Å². The maximum Gasteiger partial charge on any atom is 0.337 e. The monoisotopic (exact) mass is 256 g/mol. The van der Waals surface area contributed by atoms with E-state index in [4.69, 9.17) is 9.05 Å². The molecular formula is C13H21O3P. The normalized spacial score (nSPS) is 13.6. The molecule has 0 fully saturated rings. The second-order valence-electron chi connectivity index (χ2n) is 3.97. The molecular weight excluding hydrogens is 235 g/mol. The Morgan fingerprint density at radius 3 is 2.24 bits per heavy atom. The molecule has 1 rings (SSSR count). The number of hydrogen-bond acceptors (Lipinski definition) is 3. The van der Waals surface area contributed by atoms with Crippen LogP contribution in [0.2, 0.25) is 0 Å². The van der Waals surface area contributed by atoms with Crippen LogP contribution in [0.3, 0.4) is 0 Å². The topological polar surface area (TPSA) is 35.5 Å². The highest BCUT2D eigenvalue weighted by molar-refractivity contribution is 7.54. The largest absolute Gasteiger partial charge is 0.337 e. The third kappa shape index (κ3) is 3.67. The second kappa shape index (κ2) is 6.95. The minimum absolute atomic E-state index is 0.168. The molecule has 96 valence electrons. The summed E-state index contributed by atoms with van der Waals surface area (Å²) in [5.41, 5.74) is 0.853. The van der Waals surface area contributed by atoms with Crippen LogP contribution in [-0.2, 0) is 13.6 Å². The Hall–Kier alpha value is -0.630. The maximum absolute atomic E-state index is 12.5. The van der Waals surface area contributed by atoms with E-state index in [1.807, 2.05) is 30.3 Å². The fourth-order valence-corrected chi connectivity index (χ4v) is 3.60. The van der Waals surface area contributed by atoms with Crippen molar-refractivity contribution in [1.29, 1.82) is 0 Å². The first-order valence-electron chi connectivity index (χ1n) is 5.94. The van der Waals surface area contributed by atoms with Gasteiger partial charge < -0.3 is 9.05 Å². The van der Waals surface area contributed by atoms with Gasteiger partial charge in [0.2, 0.25) is 0 Å². The zero-order chi connectivity index (χ0) is 12.7. The lowest BCUT2D eigenvalue weighted by Gasteiger charge is -2.24. The van der Waals surface area contributed by atoms with Gasteiger partial charge in [0.1, 0.15) is 0 Å². The Morgan fingerprint density at radius 1 is 1.18 bits per heavy atom. The molecule has 0 bridgehead atoms. The van der Waals surface area contributed by atoms with E-state index in [0.29, 0.717) is 0 Å². The van der Waals surface area contributed by atoms with Crippen molar-refractivity contribution in [2.24, 2.45) is 0 Å². The first kappa shape index (κ1) is 14.4. The number of rotatable bonds is 7. The van der Waals surface area contributed by atoms with Crippen molar-refractivity contribution in [3.63, 3.8) is 0 Å². The molecule has 1 atom stereocenters. The SMILES string of the molecule is CCCCC(c1ccccc1)P(=O)(OC)OC. The molecule has 0 heterocycles. The fourth-order valence-electron chi connectivity index (χ4n) is 1.91. The maximum atomic E-state index is 12.5. The van der Waals surface area contributed by atoms with E-state index in [1.165, 1.54) is 14.2 Å². The summed E-state index contributed by atoms with van der Waals surface area (Å²) in [4.78, 5) is 0. The van der Waals surface area contributed by atoms with Gasteiger partial charge in [-0.15, -0.1) is 0 Å². The Bertz CT molecular complexity index is 356. The summed E-state index contributed by atoms with van der Waals surface area (Å²) >= 11 is 0. The molecule has 0 aromatic heterocycles. The van der Waals surface area contributed by atoms with Crippen LogP contribution in [0.1, 0.15) is 37.4 Å². The van der Waals surface area contributed by atoms with Crippen molar-refractivity contribution >= 4 is 7.60 Å². The molecule has 0 N–H and O–H groups in total. The van der Waals surface area contributed by atoms with Gasteiger partial charge in [-0.2, -0.15) is 0 Å². The van der Waals surface area contributed by atoms with Crippen LogP contribution in [0, 0.1) is 0 Å². The molecule has 0 spiro atoms. The molecule has 0 aliphatic rings. The summed E-state index contributed by atoms with van der Waals surface area (Å²) in [6, 6.07) is 9.80. The lowest BCUT2D eigenvalue weighted by Crippen LogP contribution is -2.04. The van der Waals surface area contributed by atoms with Crippen LogP contribution in [0.5, 0.6) is 0 Å². The van der Waals surface area contributed by atoms with Crippen molar-refractivity contribution in [2.45, 2.75) is 31.8 Å². The highest BCUT2D eigenvalue weighted by Gasteiger charge is 2.34. The lowest BCUT2D eigenvalue weighted by molar-refractivity contribution is 0.263. The number of benzene rings is 1. The third-order valence-corrected chi connectivity index (χ3v) is 5.24. The van der Waals surface area contributed by atoms with Gasteiger partial charge >= 0.3 is 7.60 Å². The smallest absolute Gasteiger partial charge is 0.312 e. The minimum Gasteiger partial charge on any atom is -0.312 e. The van der Waals surface area contributed by atoms with E-state index in [2.05, 4.69) is 6.92 Å². The highest BCUT2D eigenvalue weighted by atomic mass is 31.2. The number of hydrogen-bond donors (Lipinski definition) is 0. The van der Waals surface area contributed by atoms with Gasteiger partial charge in [0.25, 0.3) is 0 Å². The van der Waals surface area contributed by atoms with Crippen LogP contribution in [-0.4, -0.2) is 14.2 Å². The van der Waals surface area contributed by atoms with Crippen LogP contribution in [0.25, 0.3) is 0 Å². The van der Waals surface area contributed by atoms with Crippen LogP contribution >= 0.6 is 7.60 Å². The van der Waals surface area contributed by atoms with E-state index in [9.17, 15) is 4.57 Å². The van der Waals surface area contributed by atoms with Crippen molar-refractivity contribution < 1.29 is 13.6 Å². The Morgan fingerprint density at radius 2 is 1.76 bits per heavy atom. The highest BCUT2D eigenvalue weighted by Crippen LogP contribution is 2.61. The van der Waals surface area contributed by atoms with Gasteiger partial charge in [0.15, 0.2) is 0 Å². The predicted molar refractivity (Wildman–Crippen MR) is 70.3 cm³/mol. The molecule has 0 radical (unpaired) electrons. The Balaban J connectivity index is 2.99. The van der Waals surface area contributed by atoms with E-state index < -0.39 is 7.60 Å². The summed E-state index contributed by atoms with van der Waals surface area (Å²) in [5, 5.41) is 0. The Labute approximate surface area is 104 Å². The van der Waals surface area contributed by atoms with Gasteiger partial charge in [-0.05, 0) is 12.0 Å². The quantitative estimate of drug-likeness (QED) is 0.678. The average Bonchev–Trinajstić information content (AvgIpc) is 2.40. The second-order valence-corrected chi connectivity index (χ2v) is 6.41. The van der Waals surface area contributed by atoms with Gasteiger partial charge in [-0.3, -0.25) is 4.57 Å². The molecule has 4 heteroatoms. The molecule has 17 heavy (non-hydrogen) atoms. The predicted octanol–water partition coefficient (Wildman–Crippen LogP) is 4.40. The zero-order valence-electron chi connectivity index (χ0n) is 10.8. The summed E-state index contributed by atoms with van der Waals surface area (Å²) in [6.07, 6.45) is 2.90. The molecule has 0 amide bonds. The first-order chi connectivity index (χ1) is 8.18. The molecule has 0 aliphatic heterocycles. The van der Waals surface area contributed by atoms with Gasteiger partial charge in [0, 0.05) is 14.2 Å². The van der Waals surface area contributed by atoms with Crippen molar-refractivity contribution in [1.82, 2.24) is 0 Å². The van der Waals surface area contributed by atoms with Gasteiger partial charge in [-0.25, -0.2) is 0 Å². The van der Waals surface area contributed by atoms with Crippen LogP contribution in [0.15, 0.2) is 30.3 Å². The zero-order valence-corrected chi connectivity index (χ0v) is 11.7. The minimum atomic E-state index is -3.04. The van der Waals surface area contributed by atoms with Crippen LogP contribution in [0.4, 0.5) is 0 Å². The van der Waals surface area contributed by atoms with Crippen LogP contribution < -0.4 is 0 Å². The van der Waals surface area contributed by atoms with E-state index >= 15 is 0 Å². The molecule has 0 saturated carbocycles. The molecule has 1 aromatic carbocycles. The van der Waals surface area contributed by atoms with Crippen molar-refractivity contribution in [3.8, 4) is 0 Å². The van der Waals surface area contributed by atoms with E-state index in [1.54, 1.807) is 0 Å². The Kier molecular flexibility index (Phi) is 5.90. The summed E-state index contributed by atoms with van der Waals surface area (Å²) in [7, 11) is -0.142. The average molecular weight is 256 g/mol. The standard InChI is InChI=1S/C13H21O3P/c1-4-5-11-13(17(14,15-2)16-3)12-9-7-6-8-10-12/h6-10,13H,4-5,11H2,1-3H3. The van der Waals surface area contributed by atoms with E-state index in [0.717, 1.165) is 24.8 Å². The summed E-state index contributed by atoms with van der Waals surface area (Å²) in [6.45, 7) is 2.12. The molecule has 1 unspecified atom stereocenters. The van der Waals surface area contributed by atoms with Crippen molar-refractivity contribution in [2.75, 3.05) is 14.2 Å². The first-order valence-corrected chi connectivity index (χ1v) is 7.55. The van der Waals surface area contributed by atoms with E-state index in [-0.39, 0.29) is 5.66 Å². The molecule has 0 saturated heterocycles. The summed E-state index contributed by atoms with van der Waals surface area (Å²) in [5.74, 6) is 0. The summed E-state index contributed by atoms with van der Waals surface area (Å²) < 4.78 is 22.8. The fraction of sp³-hybridized carbons (Fsp3) is 0.538. The molecule has 0 aliphatic carbocycles. The van der Waals surface area contributed by atoms with Crippen molar-refractivity contribution in [3.05, 3.63) is 35.9 Å². The molecule has 3 nitrogen and oxygen atoms in total. The lowest BCUT2D eigenvalue weighted by atomic mass is 10.1.